The van der Waals surface area contributed by atoms with E-state index in [1.54, 1.807) is 6.08 Å². The number of anilines is 2. The number of halogens is 1. The van der Waals surface area contributed by atoms with Gasteiger partial charge < -0.3 is 10.6 Å². The molecule has 7 nitrogen and oxygen atoms in total. The van der Waals surface area contributed by atoms with E-state index in [0.29, 0.717) is 17.9 Å². The number of carbonyl (C=O) groups excluding carboxylic acids is 1. The maximum Gasteiger partial charge on any atom is 0.275 e. The number of nitrogens with zero attached hydrogens (tertiary/aromatic N) is 3. The van der Waals surface area contributed by atoms with Crippen molar-refractivity contribution in [1.29, 1.82) is 0 Å². The van der Waals surface area contributed by atoms with Crippen LogP contribution >= 0.6 is 11.6 Å². The van der Waals surface area contributed by atoms with Gasteiger partial charge in [-0.05, 0) is 13.3 Å². The molecule has 24 heavy (non-hydrogen) atoms. The van der Waals surface area contributed by atoms with Crippen LogP contribution in [0.25, 0.3) is 0 Å². The Hall–Kier alpha value is -2.93. The number of hydrogen-bond donors (Lipinski definition) is 3. The average molecular weight is 345 g/mol. The van der Waals surface area contributed by atoms with Gasteiger partial charge in [-0.2, -0.15) is 5.10 Å². The molecule has 0 spiro atoms. The van der Waals surface area contributed by atoms with Crippen molar-refractivity contribution in [3.8, 4) is 0 Å². The number of nitrogens with one attached hydrogen (secondary N) is 3. The third-order valence-corrected chi connectivity index (χ3v) is 3.19. The molecule has 1 amide bonds. The lowest BCUT2D eigenvalue weighted by Gasteiger charge is -2.08. The Kier molecular flexibility index (Phi) is 6.27. The molecule has 0 saturated heterocycles. The van der Waals surface area contributed by atoms with Gasteiger partial charge in [0.25, 0.3) is 5.91 Å². The summed E-state index contributed by atoms with van der Waals surface area (Å²) < 4.78 is 0. The Morgan fingerprint density at radius 1 is 1.42 bits per heavy atom. The Morgan fingerprint density at radius 2 is 2.21 bits per heavy atom. The van der Waals surface area contributed by atoms with Gasteiger partial charge in [-0.1, -0.05) is 42.5 Å². The first-order valence-corrected chi connectivity index (χ1v) is 7.52. The Labute approximate surface area is 144 Å². The molecule has 0 saturated carbocycles. The zero-order valence-electron chi connectivity index (χ0n) is 13.1. The lowest BCUT2D eigenvalue weighted by Crippen LogP contribution is -2.22. The van der Waals surface area contributed by atoms with Crippen molar-refractivity contribution < 1.29 is 4.79 Å². The first kappa shape index (κ1) is 17.4. The average Bonchev–Trinajstić information content (AvgIpc) is 3.02. The smallest absolute Gasteiger partial charge is 0.275 e. The van der Waals surface area contributed by atoms with Crippen LogP contribution in [-0.2, 0) is 0 Å². The van der Waals surface area contributed by atoms with Gasteiger partial charge in [0.15, 0.2) is 11.0 Å². The van der Waals surface area contributed by atoms with Crippen LogP contribution in [0.5, 0.6) is 0 Å². The summed E-state index contributed by atoms with van der Waals surface area (Å²) in [6.45, 7) is 5.40. The van der Waals surface area contributed by atoms with Crippen LogP contribution in [0.1, 0.15) is 23.8 Å². The minimum Gasteiger partial charge on any atom is -0.334 e. The second-order valence-corrected chi connectivity index (χ2v) is 5.08. The highest BCUT2D eigenvalue weighted by Crippen LogP contribution is 2.22. The van der Waals surface area contributed by atoms with Crippen LogP contribution in [0.2, 0.25) is 5.15 Å². The van der Waals surface area contributed by atoms with Crippen molar-refractivity contribution in [3.05, 3.63) is 66.0 Å². The molecule has 8 heteroatoms. The first-order valence-electron chi connectivity index (χ1n) is 7.14. The summed E-state index contributed by atoms with van der Waals surface area (Å²) in [7, 11) is 0. The van der Waals surface area contributed by atoms with E-state index in [-0.39, 0.29) is 16.8 Å². The Bertz CT molecular complexity index is 780. The van der Waals surface area contributed by atoms with Crippen molar-refractivity contribution in [3.63, 3.8) is 0 Å². The molecule has 0 radical (unpaired) electrons. The third-order valence-electron chi connectivity index (χ3n) is 2.92. The minimum absolute atomic E-state index is 0.204. The number of allylic oxidation sites excluding steroid dienone is 5. The highest BCUT2D eigenvalue weighted by molar-refractivity contribution is 6.31. The van der Waals surface area contributed by atoms with E-state index < -0.39 is 0 Å². The normalized spacial score (nSPS) is 11.5. The van der Waals surface area contributed by atoms with Gasteiger partial charge in [-0.25, -0.2) is 9.97 Å². The van der Waals surface area contributed by atoms with Gasteiger partial charge in [0, 0.05) is 18.1 Å². The molecule has 2 aromatic rings. The number of hydrogen-bond acceptors (Lipinski definition) is 5. The molecule has 0 fully saturated rings. The maximum absolute atomic E-state index is 12.3. The molecule has 0 atom stereocenters. The standard InChI is InChI=1S/C16H17ClN6O/c1-3-4-5-6-7-11(2)21-16(24)13-12(10-20-23-13)22-15-14(17)18-8-9-19-15/h3-5,7-10H,1,6H2,2H3,(H,19,22)(H,20,23)(H,21,24)/b5-4-,11-7+. The highest BCUT2D eigenvalue weighted by Gasteiger charge is 2.15. The number of aromatic amines is 1. The molecule has 0 aliphatic rings. The van der Waals surface area contributed by atoms with Crippen molar-refractivity contribution in [2.75, 3.05) is 5.32 Å². The number of carbonyl (C=O) groups is 1. The lowest BCUT2D eigenvalue weighted by atomic mass is 10.3. The number of rotatable bonds is 7. The van der Waals surface area contributed by atoms with Crippen molar-refractivity contribution in [2.45, 2.75) is 13.3 Å². The molecular formula is C16H17ClN6O. The molecule has 2 aromatic heterocycles. The van der Waals surface area contributed by atoms with E-state index in [1.165, 1.54) is 18.6 Å². The number of amides is 1. The second-order valence-electron chi connectivity index (χ2n) is 4.72. The summed E-state index contributed by atoms with van der Waals surface area (Å²) in [5.41, 5.74) is 1.45. The first-order chi connectivity index (χ1) is 11.6. The number of aromatic nitrogens is 4. The SMILES string of the molecule is C=C/C=C\C/C=C(\C)NC(=O)c1[nH]ncc1Nc1nccnc1Cl. The van der Waals surface area contributed by atoms with Crippen molar-refractivity contribution in [1.82, 2.24) is 25.5 Å². The van der Waals surface area contributed by atoms with E-state index in [2.05, 4.69) is 37.4 Å². The fourth-order valence-corrected chi connectivity index (χ4v) is 1.95. The third kappa shape index (κ3) is 4.79. The quantitative estimate of drug-likeness (QED) is 0.669. The van der Waals surface area contributed by atoms with Gasteiger partial charge in [-0.3, -0.25) is 9.89 Å². The van der Waals surface area contributed by atoms with Gasteiger partial charge in [-0.15, -0.1) is 0 Å². The summed E-state index contributed by atoms with van der Waals surface area (Å²) >= 11 is 5.95. The van der Waals surface area contributed by atoms with Crippen LogP contribution < -0.4 is 10.6 Å². The molecule has 0 aliphatic heterocycles. The molecule has 2 rings (SSSR count). The zero-order valence-corrected chi connectivity index (χ0v) is 13.8. The van der Waals surface area contributed by atoms with E-state index in [4.69, 9.17) is 11.6 Å². The summed E-state index contributed by atoms with van der Waals surface area (Å²) in [5, 5.41) is 12.5. The molecular weight excluding hydrogens is 328 g/mol. The highest BCUT2D eigenvalue weighted by atomic mass is 35.5. The molecule has 0 aliphatic carbocycles. The predicted octanol–water partition coefficient (Wildman–Crippen LogP) is 3.36. The molecule has 0 unspecified atom stereocenters. The predicted molar refractivity (Wildman–Crippen MR) is 94.1 cm³/mol. The topological polar surface area (TPSA) is 95.6 Å². The number of H-pyrrole nitrogens is 1. The van der Waals surface area contributed by atoms with Crippen LogP contribution in [0.15, 0.2) is 55.2 Å². The van der Waals surface area contributed by atoms with Crippen LogP contribution in [0.3, 0.4) is 0 Å². The summed E-state index contributed by atoms with van der Waals surface area (Å²) in [4.78, 5) is 20.3. The van der Waals surface area contributed by atoms with Crippen LogP contribution in [0, 0.1) is 0 Å². The minimum atomic E-state index is -0.323. The molecule has 0 aromatic carbocycles. The summed E-state index contributed by atoms with van der Waals surface area (Å²) in [5.74, 6) is 0.0212. The van der Waals surface area contributed by atoms with Gasteiger partial charge in [0.1, 0.15) is 5.69 Å². The fraction of sp³-hybridized carbons (Fsp3) is 0.125. The summed E-state index contributed by atoms with van der Waals surface area (Å²) in [6.07, 6.45) is 12.5. The fourth-order valence-electron chi connectivity index (χ4n) is 1.80. The van der Waals surface area contributed by atoms with Gasteiger partial charge in [0.05, 0.1) is 11.9 Å². The van der Waals surface area contributed by atoms with Crippen LogP contribution in [-0.4, -0.2) is 26.1 Å². The van der Waals surface area contributed by atoms with Crippen molar-refractivity contribution in [2.24, 2.45) is 0 Å². The zero-order chi connectivity index (χ0) is 17.4. The van der Waals surface area contributed by atoms with E-state index in [1.807, 2.05) is 25.2 Å². The van der Waals surface area contributed by atoms with E-state index in [0.717, 1.165) is 5.70 Å². The molecule has 3 N–H and O–H groups in total. The Morgan fingerprint density at radius 3 is 2.96 bits per heavy atom. The Balaban J connectivity index is 2.06. The van der Waals surface area contributed by atoms with Gasteiger partial charge in [0.2, 0.25) is 0 Å². The van der Waals surface area contributed by atoms with E-state index in [9.17, 15) is 4.79 Å². The molecule has 0 bridgehead atoms. The van der Waals surface area contributed by atoms with Crippen LogP contribution in [0.4, 0.5) is 11.5 Å². The van der Waals surface area contributed by atoms with Gasteiger partial charge >= 0.3 is 0 Å². The molecule has 2 heterocycles. The lowest BCUT2D eigenvalue weighted by molar-refractivity contribution is 0.0962. The monoisotopic (exact) mass is 344 g/mol. The van der Waals surface area contributed by atoms with Crippen molar-refractivity contribution >= 4 is 29.0 Å². The molecule has 124 valence electrons. The second kappa shape index (κ2) is 8.64. The summed E-state index contributed by atoms with van der Waals surface area (Å²) in [6, 6.07) is 0. The largest absolute Gasteiger partial charge is 0.334 e. The maximum atomic E-state index is 12.3. The van der Waals surface area contributed by atoms with E-state index >= 15 is 0 Å².